The van der Waals surface area contributed by atoms with Crippen LogP contribution < -0.4 is 0 Å². The molecule has 0 aliphatic carbocycles. The van der Waals surface area contributed by atoms with Gasteiger partial charge in [0.1, 0.15) is 5.82 Å². The lowest BCUT2D eigenvalue weighted by molar-refractivity contribution is 0.306. The summed E-state index contributed by atoms with van der Waals surface area (Å²) in [5.41, 5.74) is 3.40. The van der Waals surface area contributed by atoms with Gasteiger partial charge in [0.15, 0.2) is 0 Å². The monoisotopic (exact) mass is 353 g/mol. The van der Waals surface area contributed by atoms with E-state index in [0.29, 0.717) is 0 Å². The molecule has 2 aromatic rings. The second-order valence-electron chi connectivity index (χ2n) is 5.18. The van der Waals surface area contributed by atoms with Gasteiger partial charge in [-0.05, 0) is 54.0 Å². The molecular weight excluding hydrogens is 333 g/mol. The molecule has 1 aromatic heterocycles. The molecule has 0 fully saturated rings. The average molecular weight is 354 g/mol. The van der Waals surface area contributed by atoms with E-state index in [4.69, 9.17) is 0 Å². The van der Waals surface area contributed by atoms with Gasteiger partial charge < -0.3 is 0 Å². The van der Waals surface area contributed by atoms with Crippen molar-refractivity contribution in [2.24, 2.45) is 0 Å². The molecule has 0 saturated heterocycles. The number of rotatable bonds is 6. The van der Waals surface area contributed by atoms with E-state index < -0.39 is 0 Å². The summed E-state index contributed by atoms with van der Waals surface area (Å²) >= 11 is 3.67. The summed E-state index contributed by atoms with van der Waals surface area (Å²) in [5.74, 6) is -0.194. The van der Waals surface area contributed by atoms with Gasteiger partial charge in [-0.2, -0.15) is 5.10 Å². The Kier molecular flexibility index (Phi) is 5.53. The molecule has 0 N–H and O–H groups in total. The number of aryl methyl sites for hydroxylation is 2. The normalized spacial score (nSPS) is 11.3. The third-order valence-electron chi connectivity index (χ3n) is 3.48. The number of halogens is 2. The lowest BCUT2D eigenvalue weighted by Crippen LogP contribution is -2.20. The van der Waals surface area contributed by atoms with Gasteiger partial charge in [0.05, 0.1) is 15.9 Å². The molecule has 0 bridgehead atoms. The first-order valence-corrected chi connectivity index (χ1v) is 8.01. The van der Waals surface area contributed by atoms with E-state index in [1.54, 1.807) is 0 Å². The first kappa shape index (κ1) is 16.2. The predicted molar refractivity (Wildman–Crippen MR) is 86.6 cm³/mol. The van der Waals surface area contributed by atoms with Crippen molar-refractivity contribution >= 4 is 15.9 Å². The summed E-state index contributed by atoms with van der Waals surface area (Å²) < 4.78 is 16.1. The van der Waals surface area contributed by atoms with Crippen LogP contribution in [0.1, 0.15) is 30.8 Å². The Labute approximate surface area is 133 Å². The Balaban J connectivity index is 2.10. The van der Waals surface area contributed by atoms with E-state index in [-0.39, 0.29) is 5.82 Å². The van der Waals surface area contributed by atoms with Crippen molar-refractivity contribution in [3.8, 4) is 0 Å². The fourth-order valence-corrected chi connectivity index (χ4v) is 3.07. The van der Waals surface area contributed by atoms with E-state index in [1.807, 2.05) is 16.8 Å². The molecule has 0 aliphatic heterocycles. The van der Waals surface area contributed by atoms with Crippen molar-refractivity contribution in [1.82, 2.24) is 14.7 Å². The van der Waals surface area contributed by atoms with Crippen molar-refractivity contribution < 1.29 is 4.39 Å². The molecule has 0 atom stereocenters. The standard InChI is InChI=1S/C16H21BrFN3/c1-4-14-16(17)15(21(5-2)19-14)11-20(3)10-12-6-8-13(18)9-7-12/h6-9H,4-5,10-11H2,1-3H3. The largest absolute Gasteiger partial charge is 0.296 e. The molecule has 0 unspecified atom stereocenters. The van der Waals surface area contributed by atoms with Gasteiger partial charge in [0, 0.05) is 19.6 Å². The second kappa shape index (κ2) is 7.18. The Bertz CT molecular complexity index is 592. The summed E-state index contributed by atoms with van der Waals surface area (Å²) in [4.78, 5) is 2.21. The summed E-state index contributed by atoms with van der Waals surface area (Å²) in [5, 5.41) is 4.61. The van der Waals surface area contributed by atoms with Crippen LogP contribution in [0.3, 0.4) is 0 Å². The van der Waals surface area contributed by atoms with Crippen LogP contribution >= 0.6 is 15.9 Å². The minimum absolute atomic E-state index is 0.194. The number of hydrogen-bond donors (Lipinski definition) is 0. The van der Waals surface area contributed by atoms with E-state index in [1.165, 1.54) is 17.8 Å². The highest BCUT2D eigenvalue weighted by Gasteiger charge is 2.15. The van der Waals surface area contributed by atoms with Crippen molar-refractivity contribution in [3.63, 3.8) is 0 Å². The van der Waals surface area contributed by atoms with Crippen LogP contribution in [0.25, 0.3) is 0 Å². The summed E-state index contributed by atoms with van der Waals surface area (Å²) in [7, 11) is 2.06. The van der Waals surface area contributed by atoms with Crippen molar-refractivity contribution in [1.29, 1.82) is 0 Å². The highest BCUT2D eigenvalue weighted by molar-refractivity contribution is 9.10. The van der Waals surface area contributed by atoms with E-state index in [2.05, 4.69) is 46.8 Å². The molecule has 0 saturated carbocycles. The molecule has 3 nitrogen and oxygen atoms in total. The maximum atomic E-state index is 12.9. The van der Waals surface area contributed by atoms with E-state index >= 15 is 0 Å². The fourth-order valence-electron chi connectivity index (χ4n) is 2.38. The lowest BCUT2D eigenvalue weighted by Gasteiger charge is -2.17. The first-order valence-electron chi connectivity index (χ1n) is 7.22. The third-order valence-corrected chi connectivity index (χ3v) is 4.39. The maximum absolute atomic E-state index is 12.9. The van der Waals surface area contributed by atoms with Gasteiger partial charge in [0.25, 0.3) is 0 Å². The molecule has 0 amide bonds. The van der Waals surface area contributed by atoms with E-state index in [9.17, 15) is 4.39 Å². The Morgan fingerprint density at radius 1 is 1.19 bits per heavy atom. The summed E-state index contributed by atoms with van der Waals surface area (Å²) in [6, 6.07) is 6.67. The van der Waals surface area contributed by atoms with Crippen LogP contribution in [0.5, 0.6) is 0 Å². The van der Waals surface area contributed by atoms with Crippen molar-refractivity contribution in [2.75, 3.05) is 7.05 Å². The predicted octanol–water partition coefficient (Wildman–Crippen LogP) is 4.00. The highest BCUT2D eigenvalue weighted by atomic mass is 79.9. The Morgan fingerprint density at radius 3 is 2.43 bits per heavy atom. The SMILES string of the molecule is CCc1nn(CC)c(CN(C)Cc2ccc(F)cc2)c1Br. The fraction of sp³-hybridized carbons (Fsp3) is 0.438. The zero-order valence-corrected chi connectivity index (χ0v) is 14.3. The minimum Gasteiger partial charge on any atom is -0.296 e. The minimum atomic E-state index is -0.194. The van der Waals surface area contributed by atoms with Crippen molar-refractivity contribution in [3.05, 3.63) is 51.5 Å². The van der Waals surface area contributed by atoms with Crippen LogP contribution in [0, 0.1) is 5.82 Å². The van der Waals surface area contributed by atoms with Gasteiger partial charge in [0.2, 0.25) is 0 Å². The molecule has 5 heteroatoms. The highest BCUT2D eigenvalue weighted by Crippen LogP contribution is 2.23. The van der Waals surface area contributed by atoms with Crippen LogP contribution in [-0.2, 0) is 26.1 Å². The molecule has 0 radical (unpaired) electrons. The zero-order valence-electron chi connectivity index (χ0n) is 12.7. The number of hydrogen-bond acceptors (Lipinski definition) is 2. The quantitative estimate of drug-likeness (QED) is 0.782. The molecule has 114 valence electrons. The van der Waals surface area contributed by atoms with E-state index in [0.717, 1.165) is 41.8 Å². The molecule has 1 heterocycles. The van der Waals surface area contributed by atoms with Crippen LogP contribution in [-0.4, -0.2) is 21.7 Å². The summed E-state index contributed by atoms with van der Waals surface area (Å²) in [6.07, 6.45) is 0.919. The van der Waals surface area contributed by atoms with Gasteiger partial charge in [-0.1, -0.05) is 19.1 Å². The van der Waals surface area contributed by atoms with Crippen LogP contribution in [0.4, 0.5) is 4.39 Å². The number of benzene rings is 1. The van der Waals surface area contributed by atoms with Gasteiger partial charge in [-0.15, -0.1) is 0 Å². The molecular formula is C16H21BrFN3. The smallest absolute Gasteiger partial charge is 0.123 e. The Morgan fingerprint density at radius 2 is 1.86 bits per heavy atom. The first-order chi connectivity index (χ1) is 10.0. The topological polar surface area (TPSA) is 21.1 Å². The van der Waals surface area contributed by atoms with Crippen LogP contribution in [0.2, 0.25) is 0 Å². The van der Waals surface area contributed by atoms with Gasteiger partial charge >= 0.3 is 0 Å². The number of aromatic nitrogens is 2. The molecule has 0 aliphatic rings. The third kappa shape index (κ3) is 3.92. The maximum Gasteiger partial charge on any atom is 0.123 e. The molecule has 2 rings (SSSR count). The van der Waals surface area contributed by atoms with Crippen molar-refractivity contribution in [2.45, 2.75) is 39.9 Å². The van der Waals surface area contributed by atoms with Gasteiger partial charge in [-0.3, -0.25) is 9.58 Å². The molecule has 1 aromatic carbocycles. The second-order valence-corrected chi connectivity index (χ2v) is 5.97. The van der Waals surface area contributed by atoms with Gasteiger partial charge in [-0.25, -0.2) is 4.39 Å². The molecule has 21 heavy (non-hydrogen) atoms. The zero-order chi connectivity index (χ0) is 15.4. The van der Waals surface area contributed by atoms with Crippen LogP contribution in [0.15, 0.2) is 28.7 Å². The Hall–Kier alpha value is -1.20. The number of nitrogens with zero attached hydrogens (tertiary/aromatic N) is 3. The molecule has 0 spiro atoms. The average Bonchev–Trinajstić information content (AvgIpc) is 2.77. The lowest BCUT2D eigenvalue weighted by atomic mass is 10.2. The summed E-state index contributed by atoms with van der Waals surface area (Å²) in [6.45, 7) is 6.65.